The van der Waals surface area contributed by atoms with Gasteiger partial charge >= 0.3 is 0 Å². The van der Waals surface area contributed by atoms with E-state index in [1.807, 2.05) is 36.4 Å². The molecule has 4 heteroatoms. The number of amidine groups is 1. The third-order valence-corrected chi connectivity index (χ3v) is 10.6. The summed E-state index contributed by atoms with van der Waals surface area (Å²) >= 11 is 0. The lowest BCUT2D eigenvalue weighted by Gasteiger charge is -2.32. The molecule has 9 rings (SSSR count). The molecule has 2 aliphatic rings. The van der Waals surface area contributed by atoms with E-state index in [0.29, 0.717) is 0 Å². The molecule has 2 atom stereocenters. The van der Waals surface area contributed by atoms with Crippen molar-refractivity contribution in [2.45, 2.75) is 31.6 Å². The molecular weight excluding hydrogens is 621 g/mol. The highest BCUT2D eigenvalue weighted by Gasteiger charge is 2.37. The topological polar surface area (TPSA) is 60.2 Å². The Kier molecular flexibility index (Phi) is 7.38. The molecule has 0 fully saturated rings. The standard InChI is InChI=1S/C47H36N4/c1-47(2)41-19-11-16-35(29-48)43(41)40-25-24-34(28-42(40)47)37-27-26-36(38-17-9-10-18-39(37)38)30-20-22-33(23-21-30)46-50-44(31-12-5-3-6-13-31)49-45(51-46)32-14-7-4-8-15-32/h3-28,44,46,50H,1-2H3,(H,49,51). The first-order chi connectivity index (χ1) is 25.0. The fourth-order valence-electron chi connectivity index (χ4n) is 7.99. The lowest BCUT2D eigenvalue weighted by atomic mass is 9.81. The monoisotopic (exact) mass is 656 g/mol. The van der Waals surface area contributed by atoms with Crippen molar-refractivity contribution in [1.82, 2.24) is 10.6 Å². The van der Waals surface area contributed by atoms with Gasteiger partial charge in [-0.25, -0.2) is 4.99 Å². The highest BCUT2D eigenvalue weighted by molar-refractivity contribution is 6.05. The van der Waals surface area contributed by atoms with Gasteiger partial charge in [-0.15, -0.1) is 0 Å². The van der Waals surface area contributed by atoms with Gasteiger partial charge in [0.1, 0.15) is 18.2 Å². The van der Waals surface area contributed by atoms with E-state index in [9.17, 15) is 5.26 Å². The summed E-state index contributed by atoms with van der Waals surface area (Å²) in [6, 6.07) is 58.2. The minimum Gasteiger partial charge on any atom is -0.350 e. The molecule has 0 spiro atoms. The normalized spacial score (nSPS) is 17.2. The summed E-state index contributed by atoms with van der Waals surface area (Å²) in [5.41, 5.74) is 13.4. The first-order valence-corrected chi connectivity index (χ1v) is 17.5. The summed E-state index contributed by atoms with van der Waals surface area (Å²) < 4.78 is 0. The van der Waals surface area contributed by atoms with Crippen molar-refractivity contribution in [2.75, 3.05) is 0 Å². The number of aliphatic imine (C=N–C) groups is 1. The molecule has 0 saturated carbocycles. The summed E-state index contributed by atoms with van der Waals surface area (Å²) in [6.07, 6.45) is -0.285. The second-order valence-electron chi connectivity index (χ2n) is 14.0. The largest absolute Gasteiger partial charge is 0.350 e. The van der Waals surface area contributed by atoms with Gasteiger partial charge in [0.05, 0.1) is 11.6 Å². The molecule has 0 radical (unpaired) electrons. The van der Waals surface area contributed by atoms with Crippen LogP contribution in [0.3, 0.4) is 0 Å². The number of nitrogens with zero attached hydrogens (tertiary/aromatic N) is 2. The van der Waals surface area contributed by atoms with E-state index in [2.05, 4.69) is 152 Å². The highest BCUT2D eigenvalue weighted by atomic mass is 15.3. The first kappa shape index (κ1) is 30.8. The third kappa shape index (κ3) is 5.22. The van der Waals surface area contributed by atoms with Crippen LogP contribution in [0.2, 0.25) is 0 Å². The second kappa shape index (κ2) is 12.2. The van der Waals surface area contributed by atoms with E-state index >= 15 is 0 Å². The zero-order chi connectivity index (χ0) is 34.5. The smallest absolute Gasteiger partial charge is 0.131 e. The van der Waals surface area contributed by atoms with Crippen LogP contribution in [0, 0.1) is 11.3 Å². The van der Waals surface area contributed by atoms with Crippen molar-refractivity contribution in [2.24, 2.45) is 4.99 Å². The Labute approximate surface area is 298 Å². The summed E-state index contributed by atoms with van der Waals surface area (Å²) in [4.78, 5) is 5.06. The van der Waals surface area contributed by atoms with Crippen molar-refractivity contribution in [3.05, 3.63) is 191 Å². The van der Waals surface area contributed by atoms with Gasteiger partial charge in [-0.2, -0.15) is 5.26 Å². The zero-order valence-corrected chi connectivity index (χ0v) is 28.6. The summed E-state index contributed by atoms with van der Waals surface area (Å²) in [5.74, 6) is 0.878. The maximum atomic E-state index is 9.90. The molecule has 0 saturated heterocycles. The molecule has 1 heterocycles. The molecule has 0 aromatic heterocycles. The van der Waals surface area contributed by atoms with Crippen molar-refractivity contribution in [1.29, 1.82) is 5.26 Å². The zero-order valence-electron chi connectivity index (χ0n) is 28.6. The van der Waals surface area contributed by atoms with Crippen LogP contribution in [0.5, 0.6) is 0 Å². The van der Waals surface area contributed by atoms with E-state index < -0.39 is 0 Å². The Balaban J connectivity index is 1.06. The number of nitrogens with one attached hydrogen (secondary N) is 2. The number of benzene rings is 7. The summed E-state index contributed by atoms with van der Waals surface area (Å²) in [7, 11) is 0. The van der Waals surface area contributed by atoms with Crippen molar-refractivity contribution in [3.8, 4) is 39.4 Å². The van der Waals surface area contributed by atoms with Gasteiger partial charge in [0, 0.05) is 16.5 Å². The Morgan fingerprint density at radius 3 is 1.90 bits per heavy atom. The van der Waals surface area contributed by atoms with E-state index in [0.717, 1.165) is 39.2 Å². The highest BCUT2D eigenvalue weighted by Crippen LogP contribution is 2.51. The molecule has 51 heavy (non-hydrogen) atoms. The molecule has 1 aliphatic carbocycles. The van der Waals surface area contributed by atoms with Crippen LogP contribution in [-0.4, -0.2) is 5.84 Å². The van der Waals surface area contributed by atoms with Crippen molar-refractivity contribution >= 4 is 16.6 Å². The lowest BCUT2D eigenvalue weighted by molar-refractivity contribution is 0.409. The van der Waals surface area contributed by atoms with Crippen LogP contribution in [-0.2, 0) is 5.41 Å². The molecule has 2 N–H and O–H groups in total. The molecule has 244 valence electrons. The van der Waals surface area contributed by atoms with Crippen LogP contribution >= 0.6 is 0 Å². The summed E-state index contributed by atoms with van der Waals surface area (Å²) in [5, 5.41) is 19.7. The van der Waals surface area contributed by atoms with Crippen LogP contribution in [0.4, 0.5) is 0 Å². The molecule has 7 aromatic rings. The van der Waals surface area contributed by atoms with Gasteiger partial charge < -0.3 is 5.32 Å². The molecule has 2 unspecified atom stereocenters. The van der Waals surface area contributed by atoms with Gasteiger partial charge in [-0.05, 0) is 73.0 Å². The molecular formula is C47H36N4. The van der Waals surface area contributed by atoms with Gasteiger partial charge in [0.2, 0.25) is 0 Å². The number of fused-ring (bicyclic) bond motifs is 4. The van der Waals surface area contributed by atoms with Crippen LogP contribution in [0.15, 0.2) is 163 Å². The average molecular weight is 657 g/mol. The van der Waals surface area contributed by atoms with Crippen LogP contribution < -0.4 is 10.6 Å². The fourth-order valence-corrected chi connectivity index (χ4v) is 7.99. The Bertz CT molecular complexity index is 2510. The van der Waals surface area contributed by atoms with Crippen molar-refractivity contribution in [3.63, 3.8) is 0 Å². The molecule has 7 aromatic carbocycles. The maximum Gasteiger partial charge on any atom is 0.131 e. The van der Waals surface area contributed by atoms with Gasteiger partial charge in [0.15, 0.2) is 0 Å². The Hall–Kier alpha value is -6.28. The molecule has 4 nitrogen and oxygen atoms in total. The SMILES string of the molecule is CC1(C)c2cc(-c3ccc(-c4ccc(C5NC(c6ccccc6)=NC(c6ccccc6)N5)cc4)c4ccccc34)ccc2-c2c(C#N)cccc21. The quantitative estimate of drug-likeness (QED) is 0.194. The number of rotatable bonds is 5. The molecule has 0 bridgehead atoms. The maximum absolute atomic E-state index is 9.90. The summed E-state index contributed by atoms with van der Waals surface area (Å²) in [6.45, 7) is 4.53. The minimum atomic E-state index is -0.193. The van der Waals surface area contributed by atoms with E-state index in [1.54, 1.807) is 0 Å². The van der Waals surface area contributed by atoms with Gasteiger partial charge in [0.25, 0.3) is 0 Å². The third-order valence-electron chi connectivity index (χ3n) is 10.6. The van der Waals surface area contributed by atoms with E-state index in [-0.39, 0.29) is 17.7 Å². The Morgan fingerprint density at radius 1 is 0.569 bits per heavy atom. The van der Waals surface area contributed by atoms with E-state index in [4.69, 9.17) is 4.99 Å². The Morgan fingerprint density at radius 2 is 1.20 bits per heavy atom. The van der Waals surface area contributed by atoms with E-state index in [1.165, 1.54) is 44.2 Å². The van der Waals surface area contributed by atoms with Crippen LogP contribution in [0.1, 0.15) is 59.6 Å². The first-order valence-electron chi connectivity index (χ1n) is 17.5. The van der Waals surface area contributed by atoms with Crippen LogP contribution in [0.25, 0.3) is 44.2 Å². The average Bonchev–Trinajstić information content (AvgIpc) is 3.43. The number of nitriles is 1. The minimum absolute atomic E-state index is 0.115. The predicted molar refractivity (Wildman–Crippen MR) is 208 cm³/mol. The van der Waals surface area contributed by atoms with Crippen molar-refractivity contribution < 1.29 is 0 Å². The number of hydrogen-bond donors (Lipinski definition) is 2. The number of hydrogen-bond acceptors (Lipinski definition) is 4. The predicted octanol–water partition coefficient (Wildman–Crippen LogP) is 10.7. The van der Waals surface area contributed by atoms with Gasteiger partial charge in [-0.1, -0.05) is 159 Å². The van der Waals surface area contributed by atoms with Gasteiger partial charge in [-0.3, -0.25) is 5.32 Å². The fraction of sp³-hybridized carbons (Fsp3) is 0.106. The second-order valence-corrected chi connectivity index (χ2v) is 14.0. The lowest BCUT2D eigenvalue weighted by Crippen LogP contribution is -2.44. The molecule has 1 aliphatic heterocycles. The molecule has 0 amide bonds.